The maximum atomic E-state index is 12.4. The monoisotopic (exact) mass is 536 g/mol. The summed E-state index contributed by atoms with van der Waals surface area (Å²) >= 11 is 3.45. The van der Waals surface area contributed by atoms with Crippen LogP contribution >= 0.6 is 15.9 Å². The Kier molecular flexibility index (Phi) is 7.26. The molecule has 3 aromatic carbocycles. The Morgan fingerprint density at radius 2 is 1.91 bits per heavy atom. The van der Waals surface area contributed by atoms with E-state index < -0.39 is 10.9 Å². The maximum Gasteiger partial charge on any atom is 0.363 e. The lowest BCUT2D eigenvalue weighted by atomic mass is 10.1. The molecular weight excluding hydrogens is 516 g/mol. The van der Waals surface area contributed by atoms with Crippen LogP contribution in [0.15, 0.2) is 75.8 Å². The first-order chi connectivity index (χ1) is 16.8. The molecule has 0 aliphatic carbocycles. The molecule has 35 heavy (non-hydrogen) atoms. The Balaban J connectivity index is 1.58. The Bertz CT molecular complexity index is 1370. The van der Waals surface area contributed by atoms with Crippen LogP contribution in [-0.4, -0.2) is 23.4 Å². The summed E-state index contributed by atoms with van der Waals surface area (Å²) in [6.45, 7) is 4.30. The third-order valence-electron chi connectivity index (χ3n) is 5.13. The topological polar surface area (TPSA) is 100 Å². The van der Waals surface area contributed by atoms with Crippen LogP contribution in [0.5, 0.6) is 11.5 Å². The van der Waals surface area contributed by atoms with Crippen LogP contribution in [0, 0.1) is 17.0 Å². The number of hydrogen-bond donors (Lipinski definition) is 0. The number of halogens is 1. The molecule has 4 rings (SSSR count). The summed E-state index contributed by atoms with van der Waals surface area (Å²) in [5, 5.41) is 11.2. The highest BCUT2D eigenvalue weighted by Gasteiger charge is 2.26. The summed E-state index contributed by atoms with van der Waals surface area (Å²) in [7, 11) is 0. The van der Waals surface area contributed by atoms with Crippen LogP contribution < -0.4 is 9.47 Å². The summed E-state index contributed by atoms with van der Waals surface area (Å²) < 4.78 is 17.9. The summed E-state index contributed by atoms with van der Waals surface area (Å²) in [4.78, 5) is 27.4. The molecule has 0 saturated heterocycles. The van der Waals surface area contributed by atoms with Gasteiger partial charge in [-0.05, 0) is 61.4 Å². The first-order valence-electron chi connectivity index (χ1n) is 10.8. The van der Waals surface area contributed by atoms with Crippen LogP contribution in [-0.2, 0) is 16.1 Å². The summed E-state index contributed by atoms with van der Waals surface area (Å²) in [6.07, 6.45) is 1.57. The molecule has 178 valence electrons. The zero-order valence-corrected chi connectivity index (χ0v) is 20.6. The van der Waals surface area contributed by atoms with Crippen molar-refractivity contribution in [2.45, 2.75) is 20.5 Å². The van der Waals surface area contributed by atoms with Crippen LogP contribution in [0.3, 0.4) is 0 Å². The van der Waals surface area contributed by atoms with Gasteiger partial charge in [-0.1, -0.05) is 40.2 Å². The second-order valence-electron chi connectivity index (χ2n) is 7.65. The molecule has 0 radical (unpaired) electrons. The number of aliphatic imine (C=N–C) groups is 1. The molecule has 0 bridgehead atoms. The van der Waals surface area contributed by atoms with Crippen LogP contribution in [0.1, 0.15) is 29.2 Å². The molecule has 1 aliphatic rings. The molecule has 1 aliphatic heterocycles. The third-order valence-corrected chi connectivity index (χ3v) is 5.62. The van der Waals surface area contributed by atoms with Crippen LogP contribution in [0.4, 0.5) is 5.69 Å². The van der Waals surface area contributed by atoms with Crippen molar-refractivity contribution in [2.24, 2.45) is 4.99 Å². The summed E-state index contributed by atoms with van der Waals surface area (Å²) in [6, 6.07) is 17.7. The largest absolute Gasteiger partial charge is 0.490 e. The van der Waals surface area contributed by atoms with Crippen molar-refractivity contribution in [3.05, 3.63) is 103 Å². The Morgan fingerprint density at radius 1 is 1.09 bits per heavy atom. The normalized spacial score (nSPS) is 14.0. The molecule has 0 amide bonds. The Labute approximate surface area is 210 Å². The second-order valence-corrected chi connectivity index (χ2v) is 8.57. The number of nitro groups is 1. The molecule has 0 saturated carbocycles. The first kappa shape index (κ1) is 24.2. The fourth-order valence-corrected chi connectivity index (χ4v) is 3.87. The van der Waals surface area contributed by atoms with E-state index in [9.17, 15) is 14.9 Å². The van der Waals surface area contributed by atoms with Gasteiger partial charge in [0.15, 0.2) is 17.2 Å². The van der Waals surface area contributed by atoms with Crippen molar-refractivity contribution in [1.29, 1.82) is 0 Å². The number of cyclic esters (lactones) is 1. The van der Waals surface area contributed by atoms with E-state index in [-0.39, 0.29) is 17.3 Å². The first-order valence-corrected chi connectivity index (χ1v) is 11.6. The van der Waals surface area contributed by atoms with Gasteiger partial charge in [0.2, 0.25) is 5.90 Å². The molecule has 1 heterocycles. The van der Waals surface area contributed by atoms with E-state index in [0.717, 1.165) is 10.0 Å². The second kappa shape index (κ2) is 10.5. The Hall–Kier alpha value is -3.98. The van der Waals surface area contributed by atoms with Gasteiger partial charge >= 0.3 is 5.97 Å². The maximum absolute atomic E-state index is 12.4. The van der Waals surface area contributed by atoms with E-state index in [1.165, 1.54) is 6.07 Å². The molecule has 0 unspecified atom stereocenters. The van der Waals surface area contributed by atoms with E-state index in [1.54, 1.807) is 43.3 Å². The third kappa shape index (κ3) is 5.75. The number of nitrogens with zero attached hydrogens (tertiary/aromatic N) is 2. The summed E-state index contributed by atoms with van der Waals surface area (Å²) in [5.41, 5.74) is 2.53. The highest BCUT2D eigenvalue weighted by Crippen LogP contribution is 2.31. The molecule has 0 aromatic heterocycles. The molecule has 9 heteroatoms. The van der Waals surface area contributed by atoms with Gasteiger partial charge in [-0.3, -0.25) is 10.1 Å². The van der Waals surface area contributed by atoms with Crippen molar-refractivity contribution in [3.63, 3.8) is 0 Å². The van der Waals surface area contributed by atoms with Crippen molar-refractivity contribution in [2.75, 3.05) is 6.61 Å². The molecule has 0 spiro atoms. The summed E-state index contributed by atoms with van der Waals surface area (Å²) in [5.74, 6) is 0.472. The molecule has 0 N–H and O–H groups in total. The van der Waals surface area contributed by atoms with Crippen molar-refractivity contribution < 1.29 is 23.9 Å². The predicted octanol–water partition coefficient (Wildman–Crippen LogP) is 5.99. The Morgan fingerprint density at radius 3 is 2.66 bits per heavy atom. The van der Waals surface area contributed by atoms with E-state index >= 15 is 0 Å². The van der Waals surface area contributed by atoms with Gasteiger partial charge in [-0.25, -0.2) is 9.79 Å². The SMILES string of the molecule is CCOc1cc(/C=C2\N=C(c3ccc(C)c([N+](=O)[O-])c3)OC2=O)ccc1OCc1cccc(Br)c1. The molecule has 0 atom stereocenters. The minimum atomic E-state index is -0.642. The molecule has 0 fully saturated rings. The smallest absolute Gasteiger partial charge is 0.363 e. The van der Waals surface area contributed by atoms with E-state index in [4.69, 9.17) is 14.2 Å². The lowest BCUT2D eigenvalue weighted by Gasteiger charge is -2.13. The van der Waals surface area contributed by atoms with Gasteiger partial charge in [0.25, 0.3) is 5.69 Å². The van der Waals surface area contributed by atoms with Crippen molar-refractivity contribution in [1.82, 2.24) is 0 Å². The fraction of sp³-hybridized carbons (Fsp3) is 0.154. The average Bonchev–Trinajstić information content (AvgIpc) is 3.19. The molecular formula is C26H21BrN2O6. The number of nitro benzene ring substituents is 1. The van der Waals surface area contributed by atoms with Gasteiger partial charge in [0, 0.05) is 21.7 Å². The van der Waals surface area contributed by atoms with Gasteiger partial charge in [0.1, 0.15) is 6.61 Å². The number of esters is 1. The zero-order valence-electron chi connectivity index (χ0n) is 19.0. The van der Waals surface area contributed by atoms with Crippen molar-refractivity contribution >= 4 is 39.6 Å². The fourth-order valence-electron chi connectivity index (χ4n) is 3.42. The van der Waals surface area contributed by atoms with E-state index in [2.05, 4.69) is 20.9 Å². The number of ether oxygens (including phenoxy) is 3. The number of rotatable bonds is 8. The van der Waals surface area contributed by atoms with Crippen molar-refractivity contribution in [3.8, 4) is 11.5 Å². The minimum Gasteiger partial charge on any atom is -0.490 e. The molecule has 3 aromatic rings. The highest BCUT2D eigenvalue weighted by molar-refractivity contribution is 9.10. The quantitative estimate of drug-likeness (QED) is 0.152. The molecule has 8 nitrogen and oxygen atoms in total. The standard InChI is InChI=1S/C26H21BrN2O6/c1-3-33-24-13-17(8-10-23(24)34-15-18-5-4-6-20(27)11-18)12-21-26(30)35-25(28-21)19-9-7-16(2)22(14-19)29(31)32/h4-14H,3,15H2,1-2H3/b21-12-. The number of hydrogen-bond acceptors (Lipinski definition) is 7. The highest BCUT2D eigenvalue weighted by atomic mass is 79.9. The number of carbonyl (C=O) groups is 1. The van der Waals surface area contributed by atoms with E-state index in [1.807, 2.05) is 31.2 Å². The number of benzene rings is 3. The predicted molar refractivity (Wildman–Crippen MR) is 135 cm³/mol. The van der Waals surface area contributed by atoms with Crippen LogP contribution in [0.2, 0.25) is 0 Å². The lowest BCUT2D eigenvalue weighted by Crippen LogP contribution is -2.06. The van der Waals surface area contributed by atoms with Gasteiger partial charge in [-0.15, -0.1) is 0 Å². The van der Waals surface area contributed by atoms with Gasteiger partial charge in [0.05, 0.1) is 11.5 Å². The minimum absolute atomic E-state index is 0.0170. The van der Waals surface area contributed by atoms with Crippen LogP contribution in [0.25, 0.3) is 6.08 Å². The number of carbonyl (C=O) groups excluding carboxylic acids is 1. The van der Waals surface area contributed by atoms with Gasteiger partial charge in [-0.2, -0.15) is 0 Å². The average molecular weight is 537 g/mol. The number of aryl methyl sites for hydroxylation is 1. The lowest BCUT2D eigenvalue weighted by molar-refractivity contribution is -0.385. The zero-order chi connectivity index (χ0) is 24.9. The van der Waals surface area contributed by atoms with Gasteiger partial charge < -0.3 is 14.2 Å². The van der Waals surface area contributed by atoms with E-state index in [0.29, 0.717) is 41.4 Å².